The van der Waals surface area contributed by atoms with Crippen molar-refractivity contribution < 1.29 is 9.53 Å². The Morgan fingerprint density at radius 1 is 1.37 bits per heavy atom. The fourth-order valence-electron chi connectivity index (χ4n) is 1.55. The zero-order chi connectivity index (χ0) is 14.1. The Hall–Kier alpha value is -1.00. The highest BCUT2D eigenvalue weighted by atomic mass is 32.2. The lowest BCUT2D eigenvalue weighted by molar-refractivity contribution is -0.120. The third kappa shape index (κ3) is 6.64. The number of thioether (sulfide) groups is 1. The molecule has 1 amide bonds. The van der Waals surface area contributed by atoms with E-state index in [4.69, 9.17) is 4.74 Å². The van der Waals surface area contributed by atoms with Crippen LogP contribution in [0.2, 0.25) is 0 Å². The van der Waals surface area contributed by atoms with Gasteiger partial charge in [-0.2, -0.15) is 0 Å². The summed E-state index contributed by atoms with van der Waals surface area (Å²) in [5.41, 5.74) is 1.23. The molecule has 106 valence electrons. The molecule has 0 heterocycles. The van der Waals surface area contributed by atoms with Crippen LogP contribution in [-0.4, -0.2) is 30.9 Å². The molecule has 0 unspecified atom stereocenters. The molecule has 0 saturated heterocycles. The maximum Gasteiger partial charge on any atom is 0.233 e. The number of amides is 1. The second kappa shape index (κ2) is 8.99. The van der Waals surface area contributed by atoms with E-state index in [2.05, 4.69) is 36.5 Å². The van der Waals surface area contributed by atoms with E-state index in [1.165, 1.54) is 5.56 Å². The quantitative estimate of drug-likeness (QED) is 0.588. The molecular formula is C15H23NO2S. The van der Waals surface area contributed by atoms with E-state index in [9.17, 15) is 4.79 Å². The van der Waals surface area contributed by atoms with Crippen LogP contribution in [0.25, 0.3) is 0 Å². The zero-order valence-corrected chi connectivity index (χ0v) is 12.8. The van der Waals surface area contributed by atoms with Crippen LogP contribution >= 0.6 is 11.8 Å². The number of ether oxygens (including phenoxy) is 1. The number of carbonyl (C=O) groups excluding carboxylic acids is 1. The maximum atomic E-state index is 11.9. The summed E-state index contributed by atoms with van der Waals surface area (Å²) in [6.45, 7) is 8.08. The summed E-state index contributed by atoms with van der Waals surface area (Å²) < 4.78 is 5.23. The normalized spacial score (nSPS) is 12.2. The molecule has 0 radical (unpaired) electrons. The number of benzene rings is 1. The third-order valence-electron chi connectivity index (χ3n) is 2.67. The summed E-state index contributed by atoms with van der Waals surface area (Å²) in [5.74, 6) is 0.0853. The van der Waals surface area contributed by atoms with Gasteiger partial charge in [0.2, 0.25) is 5.91 Å². The molecule has 4 heteroatoms. The Bertz CT molecular complexity index is 378. The largest absolute Gasteiger partial charge is 0.382 e. The smallest absolute Gasteiger partial charge is 0.233 e. The first-order valence-electron chi connectivity index (χ1n) is 6.72. The van der Waals surface area contributed by atoms with Crippen LogP contribution in [-0.2, 0) is 9.53 Å². The van der Waals surface area contributed by atoms with Gasteiger partial charge >= 0.3 is 0 Å². The highest BCUT2D eigenvalue weighted by molar-refractivity contribution is 8.00. The molecule has 19 heavy (non-hydrogen) atoms. The molecule has 0 aliphatic carbocycles. The Balaban J connectivity index is 2.26. The summed E-state index contributed by atoms with van der Waals surface area (Å²) in [7, 11) is 0. The number of carbonyl (C=O) groups is 1. The van der Waals surface area contributed by atoms with Crippen LogP contribution in [0.3, 0.4) is 0 Å². The lowest BCUT2D eigenvalue weighted by Crippen LogP contribution is -2.32. The number of rotatable bonds is 8. The third-order valence-corrected chi connectivity index (χ3v) is 3.78. The van der Waals surface area contributed by atoms with Crippen LogP contribution in [0.1, 0.15) is 25.8 Å². The molecular weight excluding hydrogens is 258 g/mol. The molecule has 1 aromatic carbocycles. The molecule has 0 spiro atoms. The highest BCUT2D eigenvalue weighted by Crippen LogP contribution is 2.23. The summed E-state index contributed by atoms with van der Waals surface area (Å²) in [5, 5.41) is 2.86. The van der Waals surface area contributed by atoms with E-state index in [0.717, 1.165) is 17.9 Å². The average molecular weight is 281 g/mol. The molecule has 1 N–H and O–H groups in total. The number of hydrogen-bond acceptors (Lipinski definition) is 3. The van der Waals surface area contributed by atoms with Crippen LogP contribution in [0, 0.1) is 6.92 Å². The monoisotopic (exact) mass is 281 g/mol. The SMILES string of the molecule is CCOCCCNC(=O)[C@H](C)Sc1ccc(C)cc1. The minimum atomic E-state index is -0.0743. The van der Waals surface area contributed by atoms with Crippen molar-refractivity contribution in [2.45, 2.75) is 37.3 Å². The van der Waals surface area contributed by atoms with Crippen LogP contribution in [0.4, 0.5) is 0 Å². The van der Waals surface area contributed by atoms with Crippen molar-refractivity contribution in [2.75, 3.05) is 19.8 Å². The summed E-state index contributed by atoms with van der Waals surface area (Å²) >= 11 is 1.59. The Kier molecular flexibility index (Phi) is 7.60. The first-order valence-corrected chi connectivity index (χ1v) is 7.60. The first-order chi connectivity index (χ1) is 9.13. The summed E-state index contributed by atoms with van der Waals surface area (Å²) in [4.78, 5) is 13.0. The van der Waals surface area contributed by atoms with Crippen molar-refractivity contribution in [1.29, 1.82) is 0 Å². The van der Waals surface area contributed by atoms with Gasteiger partial charge in [-0.15, -0.1) is 11.8 Å². The Labute approximate surface area is 120 Å². The topological polar surface area (TPSA) is 38.3 Å². The standard InChI is InChI=1S/C15H23NO2S/c1-4-18-11-5-10-16-15(17)13(3)19-14-8-6-12(2)7-9-14/h6-9,13H,4-5,10-11H2,1-3H3,(H,16,17)/t13-/m0/s1. The van der Waals surface area contributed by atoms with Gasteiger partial charge in [0.1, 0.15) is 0 Å². The van der Waals surface area contributed by atoms with Crippen molar-refractivity contribution in [3.63, 3.8) is 0 Å². The Morgan fingerprint density at radius 3 is 2.68 bits per heavy atom. The van der Waals surface area contributed by atoms with Gasteiger partial charge in [-0.25, -0.2) is 0 Å². The van der Waals surface area contributed by atoms with E-state index in [1.54, 1.807) is 11.8 Å². The fraction of sp³-hybridized carbons (Fsp3) is 0.533. The van der Waals surface area contributed by atoms with Gasteiger partial charge in [-0.1, -0.05) is 17.7 Å². The van der Waals surface area contributed by atoms with Gasteiger partial charge in [0.05, 0.1) is 5.25 Å². The van der Waals surface area contributed by atoms with Crippen LogP contribution in [0.15, 0.2) is 29.2 Å². The highest BCUT2D eigenvalue weighted by Gasteiger charge is 2.13. The molecule has 0 aliphatic rings. The predicted molar refractivity (Wildman–Crippen MR) is 80.6 cm³/mol. The second-order valence-corrected chi connectivity index (χ2v) is 5.83. The van der Waals surface area contributed by atoms with Gasteiger partial charge in [0, 0.05) is 24.7 Å². The average Bonchev–Trinajstić information content (AvgIpc) is 2.41. The van der Waals surface area contributed by atoms with E-state index >= 15 is 0 Å². The van der Waals surface area contributed by atoms with Crippen molar-refractivity contribution in [3.05, 3.63) is 29.8 Å². The van der Waals surface area contributed by atoms with Crippen LogP contribution in [0.5, 0.6) is 0 Å². The van der Waals surface area contributed by atoms with Gasteiger partial charge in [0.15, 0.2) is 0 Å². The summed E-state index contributed by atoms with van der Waals surface area (Å²) in [6, 6.07) is 8.24. The fourth-order valence-corrected chi connectivity index (χ4v) is 2.44. The van der Waals surface area contributed by atoms with Crippen molar-refractivity contribution in [2.24, 2.45) is 0 Å². The van der Waals surface area contributed by atoms with E-state index < -0.39 is 0 Å². The first kappa shape index (κ1) is 16.1. The van der Waals surface area contributed by atoms with Crippen molar-refractivity contribution in [1.82, 2.24) is 5.32 Å². The van der Waals surface area contributed by atoms with Gasteiger partial charge in [0.25, 0.3) is 0 Å². The van der Waals surface area contributed by atoms with E-state index in [-0.39, 0.29) is 11.2 Å². The predicted octanol–water partition coefficient (Wildman–Crippen LogP) is 3.02. The van der Waals surface area contributed by atoms with E-state index in [0.29, 0.717) is 13.2 Å². The molecule has 0 aromatic heterocycles. The number of hydrogen-bond donors (Lipinski definition) is 1. The van der Waals surface area contributed by atoms with Gasteiger partial charge in [-0.05, 0) is 39.3 Å². The van der Waals surface area contributed by atoms with E-state index in [1.807, 2.05) is 13.8 Å². The zero-order valence-electron chi connectivity index (χ0n) is 11.9. The minimum absolute atomic E-state index is 0.0743. The van der Waals surface area contributed by atoms with Gasteiger partial charge < -0.3 is 10.1 Å². The lowest BCUT2D eigenvalue weighted by atomic mass is 10.2. The minimum Gasteiger partial charge on any atom is -0.382 e. The van der Waals surface area contributed by atoms with Crippen molar-refractivity contribution in [3.8, 4) is 0 Å². The molecule has 0 saturated carbocycles. The molecule has 3 nitrogen and oxygen atoms in total. The second-order valence-electron chi connectivity index (χ2n) is 4.41. The van der Waals surface area contributed by atoms with Crippen LogP contribution < -0.4 is 5.32 Å². The lowest BCUT2D eigenvalue weighted by Gasteiger charge is -2.12. The Morgan fingerprint density at radius 2 is 2.05 bits per heavy atom. The molecule has 0 aliphatic heterocycles. The molecule has 0 bridgehead atoms. The number of aryl methyl sites for hydroxylation is 1. The molecule has 1 aromatic rings. The molecule has 1 atom stereocenters. The van der Waals surface area contributed by atoms with Crippen molar-refractivity contribution >= 4 is 17.7 Å². The van der Waals surface area contributed by atoms with Gasteiger partial charge in [-0.3, -0.25) is 4.79 Å². The number of nitrogens with one attached hydrogen (secondary N) is 1. The molecule has 1 rings (SSSR count). The molecule has 0 fully saturated rings. The summed E-state index contributed by atoms with van der Waals surface area (Å²) in [6.07, 6.45) is 0.863. The maximum absolute atomic E-state index is 11.9.